The van der Waals surface area contributed by atoms with Gasteiger partial charge in [-0.3, -0.25) is 4.79 Å². The summed E-state index contributed by atoms with van der Waals surface area (Å²) < 4.78 is 1.81. The van der Waals surface area contributed by atoms with E-state index in [9.17, 15) is 9.90 Å². The van der Waals surface area contributed by atoms with Gasteiger partial charge in [0.05, 0.1) is 9.58 Å². The number of fused-ring (bicyclic) bond motifs is 1. The highest BCUT2D eigenvalue weighted by Gasteiger charge is 2.07. The fourth-order valence-electron chi connectivity index (χ4n) is 1.15. The van der Waals surface area contributed by atoms with E-state index in [1.165, 1.54) is 11.3 Å². The number of rotatable bonds is 1. The molecule has 66 valence electrons. The van der Waals surface area contributed by atoms with Gasteiger partial charge in [0, 0.05) is 9.86 Å². The Hall–Kier alpha value is -0.870. The number of phenolic OH excluding ortho intramolecular Hbond substituents is 1. The second kappa shape index (κ2) is 3.12. The average molecular weight is 257 g/mol. The van der Waals surface area contributed by atoms with Crippen LogP contribution in [-0.4, -0.2) is 11.4 Å². The first kappa shape index (κ1) is 8.72. The van der Waals surface area contributed by atoms with Gasteiger partial charge in [0.15, 0.2) is 6.29 Å². The first-order valence-corrected chi connectivity index (χ1v) is 5.19. The van der Waals surface area contributed by atoms with Gasteiger partial charge in [-0.1, -0.05) is 0 Å². The summed E-state index contributed by atoms with van der Waals surface area (Å²) in [6.45, 7) is 0. The number of thiophene rings is 1. The zero-order valence-corrected chi connectivity index (χ0v) is 8.85. The lowest BCUT2D eigenvalue weighted by Gasteiger charge is -1.95. The molecule has 0 atom stereocenters. The van der Waals surface area contributed by atoms with Crippen molar-refractivity contribution in [1.29, 1.82) is 0 Å². The van der Waals surface area contributed by atoms with Gasteiger partial charge in [0.1, 0.15) is 5.75 Å². The molecule has 0 aliphatic carbocycles. The minimum absolute atomic E-state index is 0.211. The molecule has 0 amide bonds. The maximum atomic E-state index is 10.5. The summed E-state index contributed by atoms with van der Waals surface area (Å²) in [5.74, 6) is 0.211. The number of halogens is 1. The second-order valence-corrected chi connectivity index (χ2v) is 4.51. The minimum Gasteiger partial charge on any atom is -0.507 e. The first-order valence-electron chi connectivity index (χ1n) is 3.58. The Bertz CT molecular complexity index is 437. The Morgan fingerprint density at radius 2 is 2.23 bits per heavy atom. The number of carbonyl (C=O) groups is 1. The molecule has 1 aromatic heterocycles. The van der Waals surface area contributed by atoms with Crippen LogP contribution in [0.15, 0.2) is 22.7 Å². The minimum atomic E-state index is 0.211. The van der Waals surface area contributed by atoms with Gasteiger partial charge in [-0.2, -0.15) is 0 Å². The highest BCUT2D eigenvalue weighted by molar-refractivity contribution is 9.10. The number of aromatic hydroxyl groups is 1. The Labute approximate surface area is 86.9 Å². The zero-order valence-electron chi connectivity index (χ0n) is 6.45. The number of carbonyl (C=O) groups excluding carboxylic acids is 1. The number of phenols is 1. The molecule has 0 aliphatic heterocycles. The molecule has 0 bridgehead atoms. The summed E-state index contributed by atoms with van der Waals surface area (Å²) in [5, 5.41) is 10.2. The first-order chi connectivity index (χ1) is 6.22. The molecular formula is C9H5BrO2S. The van der Waals surface area contributed by atoms with Crippen LogP contribution in [0.1, 0.15) is 9.67 Å². The number of hydrogen-bond donors (Lipinski definition) is 1. The predicted octanol–water partition coefficient (Wildman–Crippen LogP) is 3.18. The van der Waals surface area contributed by atoms with Gasteiger partial charge in [-0.15, -0.1) is 11.3 Å². The van der Waals surface area contributed by atoms with E-state index in [1.54, 1.807) is 18.2 Å². The molecule has 2 rings (SSSR count). The number of hydrogen-bond acceptors (Lipinski definition) is 3. The molecule has 0 saturated heterocycles. The summed E-state index contributed by atoms with van der Waals surface area (Å²) in [4.78, 5) is 11.1. The molecule has 2 aromatic rings. The van der Waals surface area contributed by atoms with Crippen LogP contribution >= 0.6 is 27.3 Å². The molecule has 1 aromatic carbocycles. The third-order valence-electron chi connectivity index (χ3n) is 1.75. The van der Waals surface area contributed by atoms with Gasteiger partial charge >= 0.3 is 0 Å². The molecule has 0 saturated carbocycles. The molecule has 0 spiro atoms. The lowest BCUT2D eigenvalue weighted by Crippen LogP contribution is -1.67. The Morgan fingerprint density at radius 1 is 1.46 bits per heavy atom. The van der Waals surface area contributed by atoms with Crippen molar-refractivity contribution in [1.82, 2.24) is 0 Å². The van der Waals surface area contributed by atoms with Crippen LogP contribution in [0.3, 0.4) is 0 Å². The van der Waals surface area contributed by atoms with Crippen LogP contribution in [0, 0.1) is 0 Å². The standard InChI is InChI=1S/C9H5BrO2S/c10-7-1-2-8(12)6-3-5(4-11)13-9(6)7/h1-4,12H. The lowest BCUT2D eigenvalue weighted by atomic mass is 10.2. The third-order valence-corrected chi connectivity index (χ3v) is 3.76. The summed E-state index contributed by atoms with van der Waals surface area (Å²) in [7, 11) is 0. The molecule has 2 nitrogen and oxygen atoms in total. The van der Waals surface area contributed by atoms with Crippen LogP contribution in [0.25, 0.3) is 10.1 Å². The summed E-state index contributed by atoms with van der Waals surface area (Å²) in [5.41, 5.74) is 0. The van der Waals surface area contributed by atoms with Crippen LogP contribution in [0.5, 0.6) is 5.75 Å². The SMILES string of the molecule is O=Cc1cc2c(O)ccc(Br)c2s1. The molecule has 0 unspecified atom stereocenters. The topological polar surface area (TPSA) is 37.3 Å². The van der Waals surface area contributed by atoms with Crippen molar-refractivity contribution in [3.05, 3.63) is 27.5 Å². The van der Waals surface area contributed by atoms with E-state index in [1.807, 2.05) is 0 Å². The van der Waals surface area contributed by atoms with Crippen molar-refractivity contribution in [2.24, 2.45) is 0 Å². The van der Waals surface area contributed by atoms with Crippen molar-refractivity contribution in [2.45, 2.75) is 0 Å². The molecule has 1 heterocycles. The van der Waals surface area contributed by atoms with Crippen molar-refractivity contribution in [2.75, 3.05) is 0 Å². The van der Waals surface area contributed by atoms with E-state index >= 15 is 0 Å². The van der Waals surface area contributed by atoms with Gasteiger partial charge in [-0.05, 0) is 34.1 Å². The van der Waals surface area contributed by atoms with E-state index in [4.69, 9.17) is 0 Å². The van der Waals surface area contributed by atoms with Gasteiger partial charge < -0.3 is 5.11 Å². The van der Waals surface area contributed by atoms with Crippen molar-refractivity contribution in [3.8, 4) is 5.75 Å². The van der Waals surface area contributed by atoms with Crippen LogP contribution in [0.4, 0.5) is 0 Å². The fraction of sp³-hybridized carbons (Fsp3) is 0. The molecule has 4 heteroatoms. The highest BCUT2D eigenvalue weighted by Crippen LogP contribution is 2.36. The van der Waals surface area contributed by atoms with Crippen LogP contribution < -0.4 is 0 Å². The maximum absolute atomic E-state index is 10.5. The van der Waals surface area contributed by atoms with Crippen LogP contribution in [-0.2, 0) is 0 Å². The van der Waals surface area contributed by atoms with Gasteiger partial charge in [0.2, 0.25) is 0 Å². The Balaban J connectivity index is 2.87. The number of benzene rings is 1. The van der Waals surface area contributed by atoms with Crippen LogP contribution in [0.2, 0.25) is 0 Å². The molecule has 1 N–H and O–H groups in total. The normalized spacial score (nSPS) is 10.5. The van der Waals surface area contributed by atoms with E-state index in [2.05, 4.69) is 15.9 Å². The molecule has 13 heavy (non-hydrogen) atoms. The van der Waals surface area contributed by atoms with Gasteiger partial charge in [0.25, 0.3) is 0 Å². The lowest BCUT2D eigenvalue weighted by molar-refractivity contribution is 0.112. The summed E-state index contributed by atoms with van der Waals surface area (Å²) in [6, 6.07) is 5.06. The van der Waals surface area contributed by atoms with Crippen molar-refractivity contribution in [3.63, 3.8) is 0 Å². The number of aldehydes is 1. The third kappa shape index (κ3) is 1.36. The molecular weight excluding hydrogens is 252 g/mol. The van der Waals surface area contributed by atoms with E-state index in [-0.39, 0.29) is 5.75 Å². The second-order valence-electron chi connectivity index (χ2n) is 2.58. The highest BCUT2D eigenvalue weighted by atomic mass is 79.9. The van der Waals surface area contributed by atoms with Gasteiger partial charge in [-0.25, -0.2) is 0 Å². The van der Waals surface area contributed by atoms with Crippen molar-refractivity contribution < 1.29 is 9.90 Å². The zero-order chi connectivity index (χ0) is 9.42. The average Bonchev–Trinajstić information content (AvgIpc) is 2.56. The monoisotopic (exact) mass is 256 g/mol. The quantitative estimate of drug-likeness (QED) is 0.796. The predicted molar refractivity (Wildman–Crippen MR) is 56.6 cm³/mol. The summed E-state index contributed by atoms with van der Waals surface area (Å²) >= 11 is 4.72. The Kier molecular flexibility index (Phi) is 2.09. The summed E-state index contributed by atoms with van der Waals surface area (Å²) in [6.07, 6.45) is 0.788. The smallest absolute Gasteiger partial charge is 0.160 e. The molecule has 0 aliphatic rings. The van der Waals surface area contributed by atoms with Crippen molar-refractivity contribution >= 4 is 43.6 Å². The maximum Gasteiger partial charge on any atom is 0.160 e. The molecule has 0 radical (unpaired) electrons. The Morgan fingerprint density at radius 3 is 2.85 bits per heavy atom. The van der Waals surface area contributed by atoms with E-state index in [0.717, 1.165) is 20.8 Å². The van der Waals surface area contributed by atoms with E-state index < -0.39 is 0 Å². The fourth-order valence-corrected chi connectivity index (χ4v) is 2.64. The van der Waals surface area contributed by atoms with E-state index in [0.29, 0.717) is 4.88 Å². The largest absolute Gasteiger partial charge is 0.507 e. The molecule has 0 fully saturated rings.